The van der Waals surface area contributed by atoms with Crippen molar-refractivity contribution in [2.24, 2.45) is 35.5 Å². The third-order valence-electron chi connectivity index (χ3n) is 9.47. The molecule has 3 unspecified atom stereocenters. The predicted octanol–water partition coefficient (Wildman–Crippen LogP) is 4.54. The minimum absolute atomic E-state index is 0.131. The van der Waals surface area contributed by atoms with Crippen LogP contribution in [0.1, 0.15) is 70.6 Å². The maximum atomic E-state index is 13.0. The van der Waals surface area contributed by atoms with Gasteiger partial charge < -0.3 is 15.5 Å². The largest absolute Gasteiger partial charge is 0.474 e. The van der Waals surface area contributed by atoms with Gasteiger partial charge in [-0.1, -0.05) is 50.7 Å². The highest BCUT2D eigenvalue weighted by Crippen LogP contribution is 2.55. The summed E-state index contributed by atoms with van der Waals surface area (Å²) in [5, 5.41) is 21.1. The van der Waals surface area contributed by atoms with Crippen molar-refractivity contribution < 1.29 is 29.4 Å². The fourth-order valence-corrected chi connectivity index (χ4v) is 8.38. The number of carbonyl (C=O) groups is 4. The third-order valence-corrected chi connectivity index (χ3v) is 9.47. The lowest BCUT2D eigenvalue weighted by Crippen LogP contribution is -2.52. The number of nitrogens with zero attached hydrogens (tertiary/aromatic N) is 1. The number of carboxylic acid groups (broad SMARTS) is 2. The molecule has 1 aromatic carbocycles. The smallest absolute Gasteiger partial charge is 0.394 e. The van der Waals surface area contributed by atoms with Gasteiger partial charge in [-0.25, -0.2) is 9.59 Å². The highest BCUT2D eigenvalue weighted by atomic mass is 16.4. The number of carbonyl (C=O) groups excluding carboxylic acids is 2. The molecule has 4 bridgehead atoms. The molecular formula is C28H36N2O6. The lowest BCUT2D eigenvalue weighted by atomic mass is 9.54. The Kier molecular flexibility index (Phi) is 7.04. The van der Waals surface area contributed by atoms with E-state index in [0.29, 0.717) is 17.8 Å². The molecule has 5 atom stereocenters. The number of carboxylic acids is 2. The fraction of sp³-hybridized carbons (Fsp3) is 0.643. The summed E-state index contributed by atoms with van der Waals surface area (Å²) in [6, 6.07) is 6.08. The van der Waals surface area contributed by atoms with Gasteiger partial charge in [-0.15, -0.1) is 0 Å². The summed E-state index contributed by atoms with van der Waals surface area (Å²) >= 11 is 0. The van der Waals surface area contributed by atoms with E-state index in [1.165, 1.54) is 55.9 Å². The van der Waals surface area contributed by atoms with Gasteiger partial charge >= 0.3 is 23.8 Å². The first kappa shape index (κ1) is 24.8. The molecule has 0 radical (unpaired) electrons. The molecule has 0 aliphatic heterocycles. The highest BCUT2D eigenvalue weighted by molar-refractivity contribution is 6.39. The van der Waals surface area contributed by atoms with E-state index in [1.54, 1.807) is 18.2 Å². The topological polar surface area (TPSA) is 124 Å². The van der Waals surface area contributed by atoms with Crippen molar-refractivity contribution in [1.82, 2.24) is 0 Å². The summed E-state index contributed by atoms with van der Waals surface area (Å²) in [7, 11) is 0. The Labute approximate surface area is 211 Å². The van der Waals surface area contributed by atoms with Gasteiger partial charge in [-0.05, 0) is 79.7 Å². The second kappa shape index (κ2) is 10.2. The Morgan fingerprint density at radius 3 is 1.97 bits per heavy atom. The van der Waals surface area contributed by atoms with Crippen molar-refractivity contribution in [3.8, 4) is 0 Å². The molecule has 0 saturated heterocycles. The van der Waals surface area contributed by atoms with Crippen LogP contribution in [0.15, 0.2) is 24.3 Å². The van der Waals surface area contributed by atoms with Crippen LogP contribution in [0.5, 0.6) is 0 Å². The van der Waals surface area contributed by atoms with Crippen molar-refractivity contribution in [2.45, 2.75) is 76.7 Å². The van der Waals surface area contributed by atoms with Gasteiger partial charge in [0.25, 0.3) is 0 Å². The quantitative estimate of drug-likeness (QED) is 0.526. The van der Waals surface area contributed by atoms with Gasteiger partial charge in [0.15, 0.2) is 0 Å². The number of nitrogens with one attached hydrogen (secondary N) is 1. The van der Waals surface area contributed by atoms with Gasteiger partial charge in [0.05, 0.1) is 11.4 Å². The van der Waals surface area contributed by atoms with Crippen LogP contribution in [0.3, 0.4) is 0 Å². The van der Waals surface area contributed by atoms with Crippen molar-refractivity contribution in [2.75, 3.05) is 10.2 Å². The van der Waals surface area contributed by atoms with E-state index in [9.17, 15) is 24.3 Å². The van der Waals surface area contributed by atoms with Gasteiger partial charge in [-0.3, -0.25) is 14.5 Å². The zero-order chi connectivity index (χ0) is 25.4. The molecule has 0 heterocycles. The standard InChI is InChI=1S/C28H36N2O6/c31-25(27(33)34)29-22-9-1-2-10-23(22)30(26(32)28(35)36)21-14-18-7-4-8-19(15-21)24(18)20-12-16-5-3-6-17(11-16)13-20/h1-2,9-10,16-21,24H,3-8,11-15H2,(H,29,31)(H,33,34)(H,35,36)/t16-,17+,18?,19?,20?,21?,24?. The van der Waals surface area contributed by atoms with Crippen LogP contribution < -0.4 is 10.2 Å². The number of hydrogen-bond donors (Lipinski definition) is 3. The molecule has 4 aliphatic carbocycles. The first-order chi connectivity index (χ1) is 17.3. The van der Waals surface area contributed by atoms with Crippen molar-refractivity contribution in [3.63, 3.8) is 0 Å². The first-order valence-electron chi connectivity index (χ1n) is 13.5. The van der Waals surface area contributed by atoms with E-state index in [4.69, 9.17) is 5.11 Å². The maximum absolute atomic E-state index is 13.0. The van der Waals surface area contributed by atoms with Gasteiger partial charge in [0, 0.05) is 6.04 Å². The van der Waals surface area contributed by atoms with E-state index in [1.807, 2.05) is 0 Å². The molecule has 36 heavy (non-hydrogen) atoms. The lowest BCUT2D eigenvalue weighted by molar-refractivity contribution is -0.149. The molecule has 0 aromatic heterocycles. The molecule has 8 nitrogen and oxygen atoms in total. The molecule has 1 aromatic rings. The van der Waals surface area contributed by atoms with Crippen LogP contribution >= 0.6 is 0 Å². The Balaban J connectivity index is 1.42. The molecule has 3 N–H and O–H groups in total. The normalized spacial score (nSPS) is 33.3. The maximum Gasteiger partial charge on any atom is 0.394 e. The molecule has 5 rings (SSSR count). The molecule has 2 amide bonds. The summed E-state index contributed by atoms with van der Waals surface area (Å²) in [5.74, 6) is -1.47. The van der Waals surface area contributed by atoms with Crippen LogP contribution in [-0.4, -0.2) is 40.0 Å². The summed E-state index contributed by atoms with van der Waals surface area (Å²) in [5.41, 5.74) is 0.375. The summed E-state index contributed by atoms with van der Waals surface area (Å²) in [6.45, 7) is 0. The van der Waals surface area contributed by atoms with Crippen molar-refractivity contribution in [3.05, 3.63) is 24.3 Å². The monoisotopic (exact) mass is 496 g/mol. The first-order valence-corrected chi connectivity index (χ1v) is 13.5. The zero-order valence-corrected chi connectivity index (χ0v) is 20.6. The molecule has 194 valence electrons. The molecule has 4 aliphatic rings. The van der Waals surface area contributed by atoms with Crippen LogP contribution in [-0.2, 0) is 19.2 Å². The Bertz CT molecular complexity index is 1010. The van der Waals surface area contributed by atoms with E-state index in [0.717, 1.165) is 43.4 Å². The molecule has 8 heteroatoms. The van der Waals surface area contributed by atoms with Crippen molar-refractivity contribution in [1.29, 1.82) is 0 Å². The summed E-state index contributed by atoms with van der Waals surface area (Å²) in [4.78, 5) is 49.3. The zero-order valence-electron chi connectivity index (χ0n) is 20.6. The second-order valence-corrected chi connectivity index (χ2v) is 11.5. The average molecular weight is 497 g/mol. The Morgan fingerprint density at radius 1 is 0.750 bits per heavy atom. The summed E-state index contributed by atoms with van der Waals surface area (Å²) in [6.07, 6.45) is 13.0. The van der Waals surface area contributed by atoms with Gasteiger partial charge in [0.2, 0.25) is 0 Å². The Morgan fingerprint density at radius 2 is 1.36 bits per heavy atom. The number of anilines is 2. The predicted molar refractivity (Wildman–Crippen MR) is 133 cm³/mol. The van der Waals surface area contributed by atoms with E-state index in [-0.39, 0.29) is 17.4 Å². The van der Waals surface area contributed by atoms with Gasteiger partial charge in [0.1, 0.15) is 0 Å². The number of para-hydroxylation sites is 2. The summed E-state index contributed by atoms with van der Waals surface area (Å²) < 4.78 is 0. The molecule has 0 spiro atoms. The minimum atomic E-state index is -1.65. The van der Waals surface area contributed by atoms with Crippen LogP contribution in [0.2, 0.25) is 0 Å². The van der Waals surface area contributed by atoms with Crippen LogP contribution in [0.25, 0.3) is 0 Å². The van der Waals surface area contributed by atoms with Crippen LogP contribution in [0.4, 0.5) is 11.4 Å². The second-order valence-electron chi connectivity index (χ2n) is 11.5. The lowest BCUT2D eigenvalue weighted by Gasteiger charge is -2.53. The third kappa shape index (κ3) is 4.87. The number of amides is 2. The van der Waals surface area contributed by atoms with E-state index in [2.05, 4.69) is 5.32 Å². The number of rotatable bonds is 4. The van der Waals surface area contributed by atoms with Crippen molar-refractivity contribution >= 4 is 35.1 Å². The van der Waals surface area contributed by atoms with E-state index >= 15 is 0 Å². The number of aliphatic carboxylic acids is 2. The van der Waals surface area contributed by atoms with Gasteiger partial charge in [-0.2, -0.15) is 0 Å². The van der Waals surface area contributed by atoms with Crippen LogP contribution in [0, 0.1) is 35.5 Å². The fourth-order valence-electron chi connectivity index (χ4n) is 8.38. The molecular weight excluding hydrogens is 460 g/mol. The highest BCUT2D eigenvalue weighted by Gasteiger charge is 2.48. The Hall–Kier alpha value is -2.90. The average Bonchev–Trinajstić information content (AvgIpc) is 2.84. The molecule has 4 fully saturated rings. The SMILES string of the molecule is O=C(O)C(=O)Nc1ccccc1N(C(=O)C(=O)O)C1CC2CCCC(C1)C2C1C[C@H]2CCC[C@@H](C1)C2. The number of fused-ring (bicyclic) bond motifs is 4. The number of hydrogen-bond acceptors (Lipinski definition) is 4. The van der Waals surface area contributed by atoms with E-state index < -0.39 is 23.8 Å². The molecule has 4 saturated carbocycles. The number of benzene rings is 1. The minimum Gasteiger partial charge on any atom is -0.474 e.